The van der Waals surface area contributed by atoms with Gasteiger partial charge in [-0.15, -0.1) is 0 Å². The van der Waals surface area contributed by atoms with Crippen LogP contribution in [0.4, 0.5) is 0 Å². The van der Waals surface area contributed by atoms with Crippen LogP contribution in [0.3, 0.4) is 0 Å². The van der Waals surface area contributed by atoms with Crippen molar-refractivity contribution in [3.05, 3.63) is 0 Å². The van der Waals surface area contributed by atoms with Crippen LogP contribution in [0.25, 0.3) is 0 Å². The zero-order valence-corrected chi connectivity index (χ0v) is 33.7. The van der Waals surface area contributed by atoms with E-state index >= 15 is 0 Å². The summed E-state index contributed by atoms with van der Waals surface area (Å²) in [5.74, 6) is 0. The summed E-state index contributed by atoms with van der Waals surface area (Å²) in [4.78, 5) is 0. The van der Waals surface area contributed by atoms with Gasteiger partial charge < -0.3 is 0 Å². The topological polar surface area (TPSA) is 74.8 Å². The van der Waals surface area contributed by atoms with E-state index in [0.29, 0.717) is 13.1 Å². The third kappa shape index (κ3) is 30.4. The highest BCUT2D eigenvalue weighted by Gasteiger charge is 2.29. The van der Waals surface area contributed by atoms with Crippen LogP contribution >= 0.6 is 0 Å². The molecule has 0 bridgehead atoms. The lowest BCUT2D eigenvalue weighted by atomic mass is 10.0. The minimum atomic E-state index is -3.84. The van der Waals surface area contributed by atoms with Crippen LogP contribution in [-0.2, 0) is 20.0 Å². The first kappa shape index (κ1) is 46.8. The third-order valence-corrected chi connectivity index (χ3v) is 14.5. The number of unbranched alkanes of at least 4 members (excludes halogenated alkanes) is 30. The highest BCUT2D eigenvalue weighted by Crippen LogP contribution is 2.16. The molecule has 0 aliphatic carbocycles. The molecular formula is C39H82N2O4S2. The lowest BCUT2D eigenvalue weighted by Crippen LogP contribution is -2.39. The van der Waals surface area contributed by atoms with E-state index in [1.54, 1.807) is 0 Å². The molecule has 0 spiro atoms. The van der Waals surface area contributed by atoms with Crippen molar-refractivity contribution in [1.82, 2.24) is 8.61 Å². The predicted molar refractivity (Wildman–Crippen MR) is 207 cm³/mol. The molecule has 284 valence electrons. The van der Waals surface area contributed by atoms with E-state index in [0.717, 1.165) is 38.5 Å². The molecule has 0 aliphatic rings. The fraction of sp³-hybridized carbons (Fsp3) is 1.00. The molecule has 0 atom stereocenters. The van der Waals surface area contributed by atoms with Crippen molar-refractivity contribution in [2.24, 2.45) is 0 Å². The molecule has 0 radical (unpaired) electrons. The van der Waals surface area contributed by atoms with E-state index in [1.165, 1.54) is 190 Å². The van der Waals surface area contributed by atoms with E-state index < -0.39 is 25.1 Å². The average Bonchev–Trinajstić information content (AvgIpc) is 3.03. The van der Waals surface area contributed by atoms with Gasteiger partial charge in [0.05, 0.1) is 0 Å². The molecule has 47 heavy (non-hydrogen) atoms. The van der Waals surface area contributed by atoms with E-state index in [9.17, 15) is 16.8 Å². The second kappa shape index (κ2) is 33.0. The van der Waals surface area contributed by atoms with Gasteiger partial charge in [0.15, 0.2) is 5.08 Å². The second-order valence-electron chi connectivity index (χ2n) is 14.6. The summed E-state index contributed by atoms with van der Waals surface area (Å²) >= 11 is 0. The van der Waals surface area contributed by atoms with Crippen LogP contribution in [0, 0.1) is 0 Å². The van der Waals surface area contributed by atoms with Crippen molar-refractivity contribution in [1.29, 1.82) is 0 Å². The first-order chi connectivity index (χ1) is 22.7. The Morgan fingerprint density at radius 2 is 0.468 bits per heavy atom. The van der Waals surface area contributed by atoms with Gasteiger partial charge in [-0.2, -0.15) is 0 Å². The van der Waals surface area contributed by atoms with Crippen molar-refractivity contribution in [3.8, 4) is 0 Å². The van der Waals surface area contributed by atoms with Gasteiger partial charge in [-0.1, -0.05) is 206 Å². The fourth-order valence-corrected chi connectivity index (χ4v) is 10.2. The summed E-state index contributed by atoms with van der Waals surface area (Å²) in [5, 5.41) is -0.829. The minimum Gasteiger partial charge on any atom is -0.211 e. The Bertz CT molecular complexity index is 794. The van der Waals surface area contributed by atoms with E-state index in [1.807, 2.05) is 0 Å². The Hall–Kier alpha value is -0.180. The van der Waals surface area contributed by atoms with Crippen molar-refractivity contribution in [2.75, 3.05) is 32.3 Å². The molecule has 0 aromatic carbocycles. The summed E-state index contributed by atoms with van der Waals surface area (Å²) in [6.07, 6.45) is 40.9. The van der Waals surface area contributed by atoms with Gasteiger partial charge in [0, 0.05) is 27.2 Å². The third-order valence-electron chi connectivity index (χ3n) is 9.90. The van der Waals surface area contributed by atoms with Gasteiger partial charge in [0.25, 0.3) is 0 Å². The van der Waals surface area contributed by atoms with Gasteiger partial charge in [0.1, 0.15) is 0 Å². The smallest absolute Gasteiger partial charge is 0.211 e. The second-order valence-corrected chi connectivity index (χ2v) is 19.1. The normalized spacial score (nSPS) is 12.6. The molecule has 0 rings (SSSR count). The molecule has 0 saturated heterocycles. The van der Waals surface area contributed by atoms with E-state index in [2.05, 4.69) is 13.8 Å². The minimum absolute atomic E-state index is 0.388. The molecule has 0 aliphatic heterocycles. The Balaban J connectivity index is 3.77. The maximum absolute atomic E-state index is 12.8. The number of rotatable bonds is 38. The molecule has 0 unspecified atom stereocenters. The number of sulfonamides is 2. The van der Waals surface area contributed by atoms with Crippen molar-refractivity contribution in [2.45, 2.75) is 219 Å². The highest BCUT2D eigenvalue weighted by molar-refractivity contribution is 8.05. The molecule has 0 heterocycles. The summed E-state index contributed by atoms with van der Waals surface area (Å²) in [6, 6.07) is 0. The summed E-state index contributed by atoms with van der Waals surface area (Å²) < 4.78 is 53.6. The first-order valence-electron chi connectivity index (χ1n) is 20.6. The Labute approximate surface area is 296 Å². The number of hydrogen-bond acceptors (Lipinski definition) is 4. The molecule has 0 fully saturated rings. The van der Waals surface area contributed by atoms with Crippen LogP contribution in [0.1, 0.15) is 219 Å². The summed E-state index contributed by atoms with van der Waals surface area (Å²) in [7, 11) is -4.64. The average molecular weight is 707 g/mol. The molecule has 0 N–H and O–H groups in total. The fourth-order valence-electron chi connectivity index (χ4n) is 6.41. The van der Waals surface area contributed by atoms with Gasteiger partial charge >= 0.3 is 0 Å². The van der Waals surface area contributed by atoms with Crippen LogP contribution in [0.15, 0.2) is 0 Å². The van der Waals surface area contributed by atoms with Crippen LogP contribution < -0.4 is 0 Å². The predicted octanol–water partition coefficient (Wildman–Crippen LogP) is 12.0. The number of nitrogens with zero attached hydrogens (tertiary/aromatic N) is 2. The SMILES string of the molecule is CCCCCCCCCCCCCCCCCCN(C)S(=O)(=O)CS(=O)(=O)N(C)CCCCCCCCCCCCCCCCCC. The number of hydrogen-bond donors (Lipinski definition) is 0. The molecule has 0 aromatic heterocycles. The maximum Gasteiger partial charge on any atom is 0.229 e. The standard InChI is InChI=1S/C39H82N2O4S2/c1-5-7-9-11-13-15-17-19-21-23-25-27-29-31-33-35-37-40(3)46(42,43)39-47(44,45)41(4)38-36-34-32-30-28-26-24-22-20-18-16-14-12-10-8-6-2/h5-39H2,1-4H3. The Kier molecular flexibility index (Phi) is 32.9. The van der Waals surface area contributed by atoms with E-state index in [-0.39, 0.29) is 0 Å². The Morgan fingerprint density at radius 3 is 0.660 bits per heavy atom. The quantitative estimate of drug-likeness (QED) is 0.0599. The van der Waals surface area contributed by atoms with E-state index in [4.69, 9.17) is 0 Å². The molecule has 6 nitrogen and oxygen atoms in total. The van der Waals surface area contributed by atoms with Crippen LogP contribution in [0.2, 0.25) is 0 Å². The van der Waals surface area contributed by atoms with Crippen molar-refractivity contribution >= 4 is 20.0 Å². The molecule has 8 heteroatoms. The van der Waals surface area contributed by atoms with Gasteiger partial charge in [0.2, 0.25) is 20.0 Å². The highest BCUT2D eigenvalue weighted by atomic mass is 32.3. The first-order valence-corrected chi connectivity index (χ1v) is 23.8. The lowest BCUT2D eigenvalue weighted by Gasteiger charge is -2.21. The van der Waals surface area contributed by atoms with Crippen molar-refractivity contribution < 1.29 is 16.8 Å². The summed E-state index contributed by atoms with van der Waals surface area (Å²) in [6.45, 7) is 5.31. The zero-order chi connectivity index (χ0) is 34.9. The molecule has 0 saturated carbocycles. The molecule has 0 aromatic rings. The maximum atomic E-state index is 12.8. The molecular weight excluding hydrogens is 625 g/mol. The lowest BCUT2D eigenvalue weighted by molar-refractivity contribution is 0.439. The zero-order valence-electron chi connectivity index (χ0n) is 32.1. The van der Waals surface area contributed by atoms with Crippen LogP contribution in [0.5, 0.6) is 0 Å². The van der Waals surface area contributed by atoms with Gasteiger partial charge in [-0.05, 0) is 12.8 Å². The largest absolute Gasteiger partial charge is 0.229 e. The molecule has 0 amide bonds. The van der Waals surface area contributed by atoms with Gasteiger partial charge in [-0.25, -0.2) is 25.4 Å². The Morgan fingerprint density at radius 1 is 0.298 bits per heavy atom. The van der Waals surface area contributed by atoms with Gasteiger partial charge in [-0.3, -0.25) is 0 Å². The van der Waals surface area contributed by atoms with Crippen molar-refractivity contribution in [3.63, 3.8) is 0 Å². The van der Waals surface area contributed by atoms with Crippen LogP contribution in [-0.4, -0.2) is 57.7 Å². The summed E-state index contributed by atoms with van der Waals surface area (Å²) in [5.41, 5.74) is 0. The monoisotopic (exact) mass is 707 g/mol.